The second-order valence-electron chi connectivity index (χ2n) is 8.96. The molecule has 8 nitrogen and oxygen atoms in total. The zero-order valence-corrected chi connectivity index (χ0v) is 18.9. The van der Waals surface area contributed by atoms with Crippen molar-refractivity contribution in [3.63, 3.8) is 0 Å². The van der Waals surface area contributed by atoms with Gasteiger partial charge in [-0.05, 0) is 42.5 Å². The zero-order valence-electron chi connectivity index (χ0n) is 18.9. The fourth-order valence-corrected chi connectivity index (χ4v) is 4.74. The van der Waals surface area contributed by atoms with E-state index in [0.717, 1.165) is 55.2 Å². The van der Waals surface area contributed by atoms with Gasteiger partial charge in [-0.3, -0.25) is 14.7 Å². The number of hydrogen-bond donors (Lipinski definition) is 0. The molecule has 33 heavy (non-hydrogen) atoms. The third-order valence-corrected chi connectivity index (χ3v) is 6.52. The van der Waals surface area contributed by atoms with Crippen molar-refractivity contribution in [1.29, 1.82) is 0 Å². The van der Waals surface area contributed by atoms with Crippen molar-refractivity contribution < 1.29 is 23.7 Å². The van der Waals surface area contributed by atoms with Crippen molar-refractivity contribution >= 4 is 5.91 Å². The SMILES string of the molecule is O=C1CN(Cc2cccc3c2OCO3)C[C@@H](OCc2ccncc2)CN1CC1CCOCC1. The van der Waals surface area contributed by atoms with Crippen molar-refractivity contribution in [2.45, 2.75) is 32.1 Å². The molecule has 3 aliphatic heterocycles. The maximum absolute atomic E-state index is 13.3. The molecule has 2 fully saturated rings. The first-order chi connectivity index (χ1) is 16.2. The molecule has 3 aliphatic rings. The predicted octanol–water partition coefficient (Wildman–Crippen LogP) is 2.47. The highest BCUT2D eigenvalue weighted by atomic mass is 16.7. The monoisotopic (exact) mass is 453 g/mol. The summed E-state index contributed by atoms with van der Waals surface area (Å²) in [6.45, 7) is 5.31. The summed E-state index contributed by atoms with van der Waals surface area (Å²) in [4.78, 5) is 21.5. The Kier molecular flexibility index (Phi) is 7.04. The van der Waals surface area contributed by atoms with E-state index in [9.17, 15) is 4.79 Å². The first-order valence-electron chi connectivity index (χ1n) is 11.7. The molecule has 0 unspecified atom stereocenters. The van der Waals surface area contributed by atoms with E-state index in [0.29, 0.717) is 38.7 Å². The quantitative estimate of drug-likeness (QED) is 0.638. The second-order valence-corrected chi connectivity index (χ2v) is 8.96. The molecule has 4 heterocycles. The van der Waals surface area contributed by atoms with Crippen LogP contribution in [0, 0.1) is 5.92 Å². The lowest BCUT2D eigenvalue weighted by atomic mass is 9.99. The molecule has 1 amide bonds. The summed E-state index contributed by atoms with van der Waals surface area (Å²) in [7, 11) is 0. The minimum Gasteiger partial charge on any atom is -0.454 e. The van der Waals surface area contributed by atoms with E-state index >= 15 is 0 Å². The van der Waals surface area contributed by atoms with Gasteiger partial charge in [-0.1, -0.05) is 12.1 Å². The lowest BCUT2D eigenvalue weighted by molar-refractivity contribution is -0.133. The molecule has 1 aromatic heterocycles. The zero-order chi connectivity index (χ0) is 22.5. The summed E-state index contributed by atoms with van der Waals surface area (Å²) in [5, 5.41) is 0. The van der Waals surface area contributed by atoms with Crippen molar-refractivity contribution in [2.24, 2.45) is 5.92 Å². The number of carbonyl (C=O) groups is 1. The summed E-state index contributed by atoms with van der Waals surface area (Å²) in [5.41, 5.74) is 2.11. The molecule has 0 bridgehead atoms. The number of pyridine rings is 1. The van der Waals surface area contributed by atoms with Crippen LogP contribution in [0.5, 0.6) is 11.5 Å². The maximum atomic E-state index is 13.3. The van der Waals surface area contributed by atoms with Gasteiger partial charge in [-0.15, -0.1) is 0 Å². The minimum atomic E-state index is -0.0848. The Morgan fingerprint density at radius 3 is 2.76 bits per heavy atom. The summed E-state index contributed by atoms with van der Waals surface area (Å²) in [5.74, 6) is 2.18. The molecule has 176 valence electrons. The topological polar surface area (TPSA) is 73.4 Å². The number of carbonyl (C=O) groups excluding carboxylic acids is 1. The Bertz CT molecular complexity index is 935. The van der Waals surface area contributed by atoms with E-state index in [1.165, 1.54) is 0 Å². The first kappa shape index (κ1) is 22.1. The van der Waals surface area contributed by atoms with Crippen LogP contribution in [0.4, 0.5) is 0 Å². The number of aromatic nitrogens is 1. The average Bonchev–Trinajstić information content (AvgIpc) is 3.28. The fraction of sp³-hybridized carbons (Fsp3) is 0.520. The molecule has 1 aromatic carbocycles. The first-order valence-corrected chi connectivity index (χ1v) is 11.7. The van der Waals surface area contributed by atoms with Gasteiger partial charge in [0.05, 0.1) is 19.3 Å². The molecule has 5 rings (SSSR count). The van der Waals surface area contributed by atoms with Gasteiger partial charge in [0.25, 0.3) is 0 Å². The molecule has 2 saturated heterocycles. The van der Waals surface area contributed by atoms with Crippen molar-refractivity contribution in [3.05, 3.63) is 53.9 Å². The van der Waals surface area contributed by atoms with Crippen LogP contribution in [-0.4, -0.2) is 73.0 Å². The van der Waals surface area contributed by atoms with Crippen LogP contribution in [0.1, 0.15) is 24.0 Å². The normalized spacial score (nSPS) is 21.9. The molecule has 2 aromatic rings. The van der Waals surface area contributed by atoms with Crippen LogP contribution >= 0.6 is 0 Å². The number of fused-ring (bicyclic) bond motifs is 1. The molecule has 1 atom stereocenters. The summed E-state index contributed by atoms with van der Waals surface area (Å²) in [6.07, 6.45) is 5.47. The largest absolute Gasteiger partial charge is 0.454 e. The molecular formula is C25H31N3O5. The van der Waals surface area contributed by atoms with Crippen LogP contribution < -0.4 is 9.47 Å². The van der Waals surface area contributed by atoms with Crippen LogP contribution in [0.2, 0.25) is 0 Å². The molecule has 8 heteroatoms. The van der Waals surface area contributed by atoms with Gasteiger partial charge in [-0.2, -0.15) is 0 Å². The van der Waals surface area contributed by atoms with Crippen molar-refractivity contribution in [1.82, 2.24) is 14.8 Å². The molecule has 0 spiro atoms. The highest BCUT2D eigenvalue weighted by molar-refractivity contribution is 5.78. The minimum absolute atomic E-state index is 0.0848. The Morgan fingerprint density at radius 2 is 1.91 bits per heavy atom. The number of nitrogens with zero attached hydrogens (tertiary/aromatic N) is 3. The Labute approximate surface area is 194 Å². The van der Waals surface area contributed by atoms with E-state index in [2.05, 4.69) is 9.88 Å². The predicted molar refractivity (Wildman–Crippen MR) is 121 cm³/mol. The van der Waals surface area contributed by atoms with Crippen LogP contribution in [0.3, 0.4) is 0 Å². The fourth-order valence-electron chi connectivity index (χ4n) is 4.74. The maximum Gasteiger partial charge on any atom is 0.236 e. The highest BCUT2D eigenvalue weighted by Gasteiger charge is 2.31. The van der Waals surface area contributed by atoms with Crippen LogP contribution in [0.15, 0.2) is 42.7 Å². The number of ether oxygens (including phenoxy) is 4. The highest BCUT2D eigenvalue weighted by Crippen LogP contribution is 2.36. The van der Waals surface area contributed by atoms with E-state index in [1.54, 1.807) is 12.4 Å². The molecule has 0 radical (unpaired) electrons. The number of para-hydroxylation sites is 1. The standard InChI is InChI=1S/C25H31N3O5/c29-24-16-27(13-21-2-1-3-23-25(21)33-18-32-23)14-22(31-17-20-4-8-26-9-5-20)15-28(24)12-19-6-10-30-11-7-19/h1-5,8-9,19,22H,6-7,10-18H2/t22-/m1/s1. The average molecular weight is 454 g/mol. The Morgan fingerprint density at radius 1 is 1.06 bits per heavy atom. The van der Waals surface area contributed by atoms with Gasteiger partial charge in [0.15, 0.2) is 11.5 Å². The Hall–Kier alpha value is -2.68. The van der Waals surface area contributed by atoms with E-state index in [4.69, 9.17) is 18.9 Å². The van der Waals surface area contributed by atoms with E-state index in [-0.39, 0.29) is 18.8 Å². The van der Waals surface area contributed by atoms with Gasteiger partial charge in [0, 0.05) is 57.3 Å². The summed E-state index contributed by atoms with van der Waals surface area (Å²) >= 11 is 0. The van der Waals surface area contributed by atoms with Crippen molar-refractivity contribution in [2.75, 3.05) is 46.2 Å². The third kappa shape index (κ3) is 5.63. The van der Waals surface area contributed by atoms with Crippen LogP contribution in [0.25, 0.3) is 0 Å². The van der Waals surface area contributed by atoms with Gasteiger partial charge >= 0.3 is 0 Å². The van der Waals surface area contributed by atoms with Gasteiger partial charge < -0.3 is 23.8 Å². The van der Waals surface area contributed by atoms with E-state index in [1.807, 2.05) is 35.2 Å². The summed E-state index contributed by atoms with van der Waals surface area (Å²) in [6, 6.07) is 9.84. The molecular weight excluding hydrogens is 422 g/mol. The van der Waals surface area contributed by atoms with Crippen molar-refractivity contribution in [3.8, 4) is 11.5 Å². The smallest absolute Gasteiger partial charge is 0.236 e. The lowest BCUT2D eigenvalue weighted by Crippen LogP contribution is -2.42. The Balaban J connectivity index is 1.30. The van der Waals surface area contributed by atoms with Crippen LogP contribution in [-0.2, 0) is 27.4 Å². The lowest BCUT2D eigenvalue weighted by Gasteiger charge is -2.30. The van der Waals surface area contributed by atoms with Gasteiger partial charge in [0.2, 0.25) is 12.7 Å². The molecule has 0 saturated carbocycles. The third-order valence-electron chi connectivity index (χ3n) is 6.52. The number of hydrogen-bond acceptors (Lipinski definition) is 7. The number of benzene rings is 1. The number of rotatable bonds is 7. The molecule has 0 aliphatic carbocycles. The van der Waals surface area contributed by atoms with Gasteiger partial charge in [0.1, 0.15) is 0 Å². The van der Waals surface area contributed by atoms with Gasteiger partial charge in [-0.25, -0.2) is 0 Å². The van der Waals surface area contributed by atoms with E-state index < -0.39 is 0 Å². The number of amides is 1. The second kappa shape index (κ2) is 10.5. The molecule has 0 N–H and O–H groups in total. The summed E-state index contributed by atoms with van der Waals surface area (Å²) < 4.78 is 23.1.